The van der Waals surface area contributed by atoms with Crippen LogP contribution in [0.1, 0.15) is 50.0 Å². The number of halogens is 2. The van der Waals surface area contributed by atoms with Crippen LogP contribution in [0.2, 0.25) is 0 Å². The number of aliphatic hydroxyl groups is 1. The summed E-state index contributed by atoms with van der Waals surface area (Å²) in [5.74, 6) is -1.12. The monoisotopic (exact) mass is 417 g/mol. The summed E-state index contributed by atoms with van der Waals surface area (Å²) in [6.07, 6.45) is 4.67. The van der Waals surface area contributed by atoms with E-state index < -0.39 is 12.6 Å². The normalized spacial score (nSPS) is 27.6. The third kappa shape index (κ3) is 6.04. The van der Waals surface area contributed by atoms with Crippen LogP contribution in [-0.4, -0.2) is 54.2 Å². The van der Waals surface area contributed by atoms with Gasteiger partial charge in [0.2, 0.25) is 0 Å². The van der Waals surface area contributed by atoms with E-state index in [1.807, 2.05) is 0 Å². The number of carboxylic acids is 1. The fraction of sp³-hybridized carbons (Fsp3) is 0.650. The second-order valence-electron chi connectivity index (χ2n) is 7.41. The van der Waals surface area contributed by atoms with Crippen molar-refractivity contribution in [2.24, 2.45) is 0 Å². The molecule has 8 heteroatoms. The maximum Gasteiger partial charge on any atom is 0.341 e. The summed E-state index contributed by atoms with van der Waals surface area (Å²) in [6.45, 7) is 0.916. The maximum absolute atomic E-state index is 14.4. The molecule has 1 aliphatic heterocycles. The van der Waals surface area contributed by atoms with Crippen LogP contribution in [0.3, 0.4) is 0 Å². The van der Waals surface area contributed by atoms with E-state index in [9.17, 15) is 14.3 Å². The second-order valence-corrected chi connectivity index (χ2v) is 7.41. The van der Waals surface area contributed by atoms with Crippen LogP contribution >= 0.6 is 12.4 Å². The molecular formula is C20H29ClFNO5. The van der Waals surface area contributed by atoms with Gasteiger partial charge < -0.3 is 25.0 Å². The van der Waals surface area contributed by atoms with Gasteiger partial charge in [-0.25, -0.2) is 9.18 Å². The Kier molecular flexibility index (Phi) is 8.95. The topological polar surface area (TPSA) is 88.0 Å². The van der Waals surface area contributed by atoms with Crippen molar-refractivity contribution in [2.75, 3.05) is 19.8 Å². The number of ether oxygens (including phenoxy) is 2. The quantitative estimate of drug-likeness (QED) is 0.632. The number of rotatable bonds is 7. The number of hydrogen-bond donors (Lipinski definition) is 3. The SMILES string of the molecule is Cl.O=C(O)COc1cccc(F)c1C1CCC(OCC2NCCCC2O)CC1. The van der Waals surface area contributed by atoms with E-state index >= 15 is 0 Å². The van der Waals surface area contributed by atoms with Gasteiger partial charge in [-0.05, 0) is 63.1 Å². The van der Waals surface area contributed by atoms with Gasteiger partial charge in [-0.3, -0.25) is 0 Å². The average Bonchev–Trinajstić information content (AvgIpc) is 2.66. The van der Waals surface area contributed by atoms with Gasteiger partial charge in [0.15, 0.2) is 6.61 Å². The lowest BCUT2D eigenvalue weighted by Crippen LogP contribution is -2.48. The number of piperidine rings is 1. The Balaban J connectivity index is 0.00000280. The standard InChI is InChI=1S/C20H28FNO5.ClH/c21-15-3-1-5-18(27-12-19(24)25)20(15)13-6-8-14(9-7-13)26-11-16-17(23)4-2-10-22-16;/h1,3,5,13-14,16-17,22-23H,2,4,6-12H2,(H,24,25);1H. The van der Waals surface area contributed by atoms with E-state index in [4.69, 9.17) is 14.6 Å². The first kappa shape index (κ1) is 22.9. The molecule has 1 saturated carbocycles. The molecule has 2 unspecified atom stereocenters. The highest BCUT2D eigenvalue weighted by atomic mass is 35.5. The van der Waals surface area contributed by atoms with Gasteiger partial charge in [0.05, 0.1) is 24.9 Å². The lowest BCUT2D eigenvalue weighted by molar-refractivity contribution is -0.139. The van der Waals surface area contributed by atoms with Crippen LogP contribution < -0.4 is 10.1 Å². The smallest absolute Gasteiger partial charge is 0.341 e. The molecule has 6 nitrogen and oxygen atoms in total. The first-order chi connectivity index (χ1) is 13.0. The molecule has 1 aliphatic carbocycles. The minimum absolute atomic E-state index is 0. The number of aliphatic carboxylic acids is 1. The number of nitrogens with one attached hydrogen (secondary N) is 1. The van der Waals surface area contributed by atoms with Crippen LogP contribution in [0.5, 0.6) is 5.75 Å². The molecule has 0 spiro atoms. The van der Waals surface area contributed by atoms with Crippen LogP contribution in [0, 0.1) is 5.82 Å². The van der Waals surface area contributed by atoms with Gasteiger partial charge in [0, 0.05) is 5.56 Å². The van der Waals surface area contributed by atoms with Gasteiger partial charge in [-0.1, -0.05) is 6.07 Å². The number of benzene rings is 1. The van der Waals surface area contributed by atoms with Crippen LogP contribution in [0.4, 0.5) is 4.39 Å². The van der Waals surface area contributed by atoms with Crippen LogP contribution in [0.15, 0.2) is 18.2 Å². The molecule has 2 fully saturated rings. The molecule has 0 amide bonds. The van der Waals surface area contributed by atoms with Crippen molar-refractivity contribution in [3.05, 3.63) is 29.6 Å². The molecule has 3 N–H and O–H groups in total. The Bertz CT molecular complexity index is 639. The molecule has 1 saturated heterocycles. The van der Waals surface area contributed by atoms with Crippen molar-refractivity contribution in [1.29, 1.82) is 0 Å². The fourth-order valence-corrected chi connectivity index (χ4v) is 4.04. The van der Waals surface area contributed by atoms with Gasteiger partial charge in [-0.15, -0.1) is 12.4 Å². The van der Waals surface area contributed by atoms with Crippen molar-refractivity contribution in [2.45, 2.75) is 62.7 Å². The van der Waals surface area contributed by atoms with Crippen LogP contribution in [-0.2, 0) is 9.53 Å². The number of hydrogen-bond acceptors (Lipinski definition) is 5. The zero-order chi connectivity index (χ0) is 19.2. The molecule has 0 radical (unpaired) electrons. The van der Waals surface area contributed by atoms with E-state index in [0.29, 0.717) is 17.9 Å². The van der Waals surface area contributed by atoms with E-state index in [-0.39, 0.29) is 42.4 Å². The predicted octanol–water partition coefficient (Wildman–Crippen LogP) is 2.87. The van der Waals surface area contributed by atoms with Gasteiger partial charge in [0.25, 0.3) is 0 Å². The Morgan fingerprint density at radius 3 is 2.64 bits per heavy atom. The van der Waals surface area contributed by atoms with Crippen LogP contribution in [0.25, 0.3) is 0 Å². The zero-order valence-corrected chi connectivity index (χ0v) is 16.6. The van der Waals surface area contributed by atoms with Crippen molar-refractivity contribution >= 4 is 18.4 Å². The van der Waals surface area contributed by atoms with Crippen molar-refractivity contribution in [3.8, 4) is 5.75 Å². The number of carbonyl (C=O) groups is 1. The molecular weight excluding hydrogens is 389 g/mol. The maximum atomic E-state index is 14.4. The summed E-state index contributed by atoms with van der Waals surface area (Å²) >= 11 is 0. The van der Waals surface area contributed by atoms with E-state index in [2.05, 4.69) is 5.32 Å². The third-order valence-corrected chi connectivity index (χ3v) is 5.51. The van der Waals surface area contributed by atoms with Gasteiger partial charge in [-0.2, -0.15) is 0 Å². The molecule has 0 bridgehead atoms. The molecule has 1 heterocycles. The van der Waals surface area contributed by atoms with E-state index in [0.717, 1.165) is 45.1 Å². The Morgan fingerprint density at radius 1 is 1.21 bits per heavy atom. The summed E-state index contributed by atoms with van der Waals surface area (Å²) < 4.78 is 25.7. The second kappa shape index (κ2) is 11.0. The lowest BCUT2D eigenvalue weighted by Gasteiger charge is -2.33. The van der Waals surface area contributed by atoms with E-state index in [1.54, 1.807) is 6.07 Å². The lowest BCUT2D eigenvalue weighted by atomic mass is 9.82. The molecule has 0 aromatic heterocycles. The zero-order valence-electron chi connectivity index (χ0n) is 15.8. The Morgan fingerprint density at radius 2 is 1.96 bits per heavy atom. The molecule has 2 atom stereocenters. The molecule has 1 aromatic rings. The minimum atomic E-state index is -1.08. The number of carboxylic acid groups (broad SMARTS) is 1. The first-order valence-corrected chi connectivity index (χ1v) is 9.70. The predicted molar refractivity (Wildman–Crippen MR) is 105 cm³/mol. The summed E-state index contributed by atoms with van der Waals surface area (Å²) in [6, 6.07) is 4.54. The highest BCUT2D eigenvalue weighted by Crippen LogP contribution is 2.39. The Hall–Kier alpha value is -1.41. The highest BCUT2D eigenvalue weighted by Gasteiger charge is 2.29. The largest absolute Gasteiger partial charge is 0.482 e. The summed E-state index contributed by atoms with van der Waals surface area (Å²) in [5, 5.41) is 22.1. The summed E-state index contributed by atoms with van der Waals surface area (Å²) in [7, 11) is 0. The molecule has 3 rings (SSSR count). The number of aliphatic hydroxyl groups excluding tert-OH is 1. The summed E-state index contributed by atoms with van der Waals surface area (Å²) in [5.41, 5.74) is 0.474. The van der Waals surface area contributed by atoms with Gasteiger partial charge in [0.1, 0.15) is 11.6 Å². The first-order valence-electron chi connectivity index (χ1n) is 9.70. The minimum Gasteiger partial charge on any atom is -0.482 e. The summed E-state index contributed by atoms with van der Waals surface area (Å²) in [4.78, 5) is 10.8. The van der Waals surface area contributed by atoms with Crippen molar-refractivity contribution in [1.82, 2.24) is 5.32 Å². The molecule has 28 heavy (non-hydrogen) atoms. The highest BCUT2D eigenvalue weighted by molar-refractivity contribution is 5.85. The Labute approximate surface area is 170 Å². The van der Waals surface area contributed by atoms with E-state index in [1.165, 1.54) is 12.1 Å². The fourth-order valence-electron chi connectivity index (χ4n) is 4.04. The molecule has 1 aromatic carbocycles. The van der Waals surface area contributed by atoms with Gasteiger partial charge >= 0.3 is 5.97 Å². The average molecular weight is 418 g/mol. The third-order valence-electron chi connectivity index (χ3n) is 5.51. The molecule has 158 valence electrons. The van der Waals surface area contributed by atoms with Crippen molar-refractivity contribution in [3.63, 3.8) is 0 Å². The molecule has 2 aliphatic rings. The van der Waals surface area contributed by atoms with Crippen molar-refractivity contribution < 1.29 is 28.9 Å².